The first kappa shape index (κ1) is 53.9. The van der Waals surface area contributed by atoms with Gasteiger partial charge in [0.25, 0.3) is 6.71 Å². The van der Waals surface area contributed by atoms with Crippen LogP contribution < -0.4 is 26.2 Å². The maximum absolute atomic E-state index is 11.7. The molecule has 0 amide bonds. The number of nitrogens with zero attached hydrogens (tertiary/aromatic N) is 5. The average molecular weight is 1230 g/mol. The lowest BCUT2D eigenvalue weighted by molar-refractivity contribution is 0.590. The second-order valence-corrected chi connectivity index (χ2v) is 30.2. The molecule has 12 aromatic carbocycles. The van der Waals surface area contributed by atoms with Crippen LogP contribution in [0, 0.1) is 11.3 Å². The van der Waals surface area contributed by atoms with E-state index >= 15 is 0 Å². The average Bonchev–Trinajstić information content (AvgIpc) is 0.821. The normalized spacial score (nSPS) is 13.9. The van der Waals surface area contributed by atoms with Gasteiger partial charge in [0, 0.05) is 66.8 Å². The van der Waals surface area contributed by atoms with Gasteiger partial charge < -0.3 is 18.9 Å². The standard InChI is InChI=1S/C89H78BN5/c1-86(2,3)61-38-34-58(35-39-61)68-31-23-30-67(57-26-17-14-18-27-57)85(68)95-81-54-66(93-77-46-40-62(87(4,5)6)49-71(77)72-50-63(88(7,8)9)41-47-78(72)93)43-45-74(81)90-73-44-37-59(56-24-15-13-16-25-56)48-80(73)94(82-51-64(89(10,11)12)52-83(95)84(82)90)79-53-65(42-36-60(79)55-91)92-75-32-21-19-28-69(75)70-29-20-22-33-76(70)92/h13-54H,1-12H3/i13D,15D,16D,24D,25D. The minimum Gasteiger partial charge on any atom is -0.310 e. The zero-order valence-corrected chi connectivity index (χ0v) is 56.2. The Bertz CT molecular complexity index is 5660. The third-order valence-corrected chi connectivity index (χ3v) is 20.1. The summed E-state index contributed by atoms with van der Waals surface area (Å²) in [5.41, 5.74) is 23.5. The lowest BCUT2D eigenvalue weighted by Gasteiger charge is -2.46. The topological polar surface area (TPSA) is 40.1 Å². The zero-order valence-electron chi connectivity index (χ0n) is 61.2. The smallest absolute Gasteiger partial charge is 0.252 e. The second kappa shape index (κ2) is 21.7. The fourth-order valence-electron chi connectivity index (χ4n) is 15.0. The van der Waals surface area contributed by atoms with Crippen LogP contribution in [0.1, 0.15) is 118 Å². The highest BCUT2D eigenvalue weighted by atomic mass is 15.2. The molecular formula is C89H78BN5. The van der Waals surface area contributed by atoms with E-state index in [4.69, 9.17) is 4.11 Å². The first-order valence-electron chi connectivity index (χ1n) is 35.7. The summed E-state index contributed by atoms with van der Waals surface area (Å²) in [5, 5.41) is 16.3. The lowest BCUT2D eigenvalue weighted by atomic mass is 9.33. The van der Waals surface area contributed by atoms with Crippen molar-refractivity contribution in [2.75, 3.05) is 9.80 Å². The molecular weight excluding hydrogens is 1150 g/mol. The van der Waals surface area contributed by atoms with E-state index in [9.17, 15) is 8.00 Å². The fraction of sp³-hybridized carbons (Fsp3) is 0.180. The minimum atomic E-state index is -0.457. The summed E-state index contributed by atoms with van der Waals surface area (Å²) in [4.78, 5) is 4.81. The van der Waals surface area contributed by atoms with Gasteiger partial charge in [-0.15, -0.1) is 0 Å². The van der Waals surface area contributed by atoms with Gasteiger partial charge in [0.2, 0.25) is 0 Å². The predicted octanol–water partition coefficient (Wildman–Crippen LogP) is 22.0. The molecule has 0 saturated heterocycles. The number of hydrogen-bond acceptors (Lipinski definition) is 3. The monoisotopic (exact) mass is 1230 g/mol. The van der Waals surface area contributed by atoms with Gasteiger partial charge in [-0.3, -0.25) is 0 Å². The van der Waals surface area contributed by atoms with Crippen LogP contribution in [-0.4, -0.2) is 15.8 Å². The Morgan fingerprint density at radius 1 is 0.347 bits per heavy atom. The number of rotatable bonds is 7. The van der Waals surface area contributed by atoms with E-state index in [0.717, 1.165) is 111 Å². The molecule has 0 atom stereocenters. The molecule has 462 valence electrons. The number of aromatic nitrogens is 2. The first-order valence-corrected chi connectivity index (χ1v) is 33.2. The van der Waals surface area contributed by atoms with Crippen LogP contribution >= 0.6 is 0 Å². The Morgan fingerprint density at radius 3 is 1.37 bits per heavy atom. The highest BCUT2D eigenvalue weighted by Crippen LogP contribution is 2.53. The van der Waals surface area contributed by atoms with Crippen molar-refractivity contribution >= 4 is 101 Å². The lowest BCUT2D eigenvalue weighted by Crippen LogP contribution is -2.61. The summed E-state index contributed by atoms with van der Waals surface area (Å²) in [5.74, 6) is 0. The second-order valence-electron chi connectivity index (χ2n) is 30.2. The molecule has 0 unspecified atom stereocenters. The van der Waals surface area contributed by atoms with Crippen molar-refractivity contribution in [3.63, 3.8) is 0 Å². The number of benzene rings is 12. The van der Waals surface area contributed by atoms with Gasteiger partial charge in [-0.1, -0.05) is 253 Å². The summed E-state index contributed by atoms with van der Waals surface area (Å²) < 4.78 is 50.4. The Morgan fingerprint density at radius 2 is 0.811 bits per heavy atom. The van der Waals surface area contributed by atoms with E-state index in [2.05, 4.69) is 308 Å². The number of fused-ring (bicyclic) bond motifs is 10. The quantitative estimate of drug-likeness (QED) is 0.149. The van der Waals surface area contributed by atoms with Gasteiger partial charge in [0.15, 0.2) is 0 Å². The summed E-state index contributed by atoms with van der Waals surface area (Å²) in [6, 6.07) is 82.3. The van der Waals surface area contributed by atoms with Crippen LogP contribution in [0.4, 0.5) is 34.1 Å². The Balaban J connectivity index is 1.06. The van der Waals surface area contributed by atoms with Gasteiger partial charge in [-0.2, -0.15) is 5.26 Å². The number of hydrogen-bond donors (Lipinski definition) is 0. The van der Waals surface area contributed by atoms with Crippen molar-refractivity contribution in [1.29, 1.82) is 5.26 Å². The zero-order chi connectivity index (χ0) is 70.0. The van der Waals surface area contributed by atoms with E-state index in [0.29, 0.717) is 22.5 Å². The third-order valence-electron chi connectivity index (χ3n) is 20.1. The van der Waals surface area contributed by atoms with Crippen LogP contribution in [0.15, 0.2) is 255 Å². The molecule has 0 radical (unpaired) electrons. The molecule has 0 aliphatic carbocycles. The van der Waals surface area contributed by atoms with Gasteiger partial charge in [0.05, 0.1) is 45.9 Å². The molecule has 2 aliphatic rings. The molecule has 0 saturated carbocycles. The maximum atomic E-state index is 11.7. The van der Waals surface area contributed by atoms with E-state index in [1.807, 2.05) is 24.3 Å². The van der Waals surface area contributed by atoms with Crippen LogP contribution in [0.2, 0.25) is 0 Å². The Hall–Kier alpha value is -10.6. The predicted molar refractivity (Wildman–Crippen MR) is 405 cm³/mol. The van der Waals surface area contributed by atoms with Crippen LogP contribution in [-0.2, 0) is 21.7 Å². The summed E-state index contributed by atoms with van der Waals surface area (Å²) in [6.07, 6.45) is 0. The van der Waals surface area contributed by atoms with Gasteiger partial charge in [0.1, 0.15) is 6.07 Å². The van der Waals surface area contributed by atoms with Crippen LogP contribution in [0.5, 0.6) is 0 Å². The molecule has 5 nitrogen and oxygen atoms in total. The Kier molecular flexibility index (Phi) is 12.3. The summed E-state index contributed by atoms with van der Waals surface area (Å²) in [7, 11) is 0. The molecule has 0 bridgehead atoms. The largest absolute Gasteiger partial charge is 0.310 e. The molecule has 2 aromatic heterocycles. The minimum absolute atomic E-state index is 0.0849. The van der Waals surface area contributed by atoms with Gasteiger partial charge in [-0.05, 0) is 167 Å². The summed E-state index contributed by atoms with van der Waals surface area (Å²) >= 11 is 0. The van der Waals surface area contributed by atoms with E-state index in [1.165, 1.54) is 27.5 Å². The van der Waals surface area contributed by atoms with Crippen LogP contribution in [0.25, 0.3) is 88.4 Å². The highest BCUT2D eigenvalue weighted by molar-refractivity contribution is 7.00. The fourth-order valence-corrected chi connectivity index (χ4v) is 15.0. The van der Waals surface area contributed by atoms with Gasteiger partial charge in [-0.25, -0.2) is 0 Å². The molecule has 14 aromatic rings. The van der Waals surface area contributed by atoms with Crippen molar-refractivity contribution < 1.29 is 6.85 Å². The van der Waals surface area contributed by atoms with Crippen LogP contribution in [0.3, 0.4) is 0 Å². The number of anilines is 6. The van der Waals surface area contributed by atoms with E-state index in [-0.39, 0.29) is 33.9 Å². The molecule has 2 aliphatic heterocycles. The molecule has 0 N–H and O–H groups in total. The van der Waals surface area contributed by atoms with Crippen molar-refractivity contribution in [2.45, 2.75) is 105 Å². The van der Waals surface area contributed by atoms with E-state index < -0.39 is 30.3 Å². The third kappa shape index (κ3) is 9.72. The number of nitriles is 1. The number of para-hydroxylation sites is 3. The molecule has 6 heteroatoms. The first-order chi connectivity index (χ1) is 47.7. The van der Waals surface area contributed by atoms with Crippen molar-refractivity contribution in [1.82, 2.24) is 9.13 Å². The molecule has 16 rings (SSSR count). The molecule has 0 fully saturated rings. The summed E-state index contributed by atoms with van der Waals surface area (Å²) in [6.45, 7) is 26.8. The molecule has 0 spiro atoms. The molecule has 95 heavy (non-hydrogen) atoms. The van der Waals surface area contributed by atoms with Crippen molar-refractivity contribution in [3.05, 3.63) is 282 Å². The molecule has 4 heterocycles. The SMILES string of the molecule is [2H]c1c([2H])c([2H])c(-c2ccc3c(c2)N(c2cc(-n4c5ccccc5c5ccccc54)ccc2C#N)c2cc(C(C)(C)C)cc4c2B3c2ccc(-n3c5ccc(C(C)(C)C)cc5c5cc(C(C)(C)C)ccc53)cc2N4c2c(-c3ccccc3)cccc2-c2ccc(C(C)(C)C)cc2)c([2H])c1[2H]. The van der Waals surface area contributed by atoms with E-state index in [1.54, 1.807) is 0 Å². The highest BCUT2D eigenvalue weighted by Gasteiger charge is 2.46. The maximum Gasteiger partial charge on any atom is 0.252 e. The van der Waals surface area contributed by atoms with Gasteiger partial charge >= 0.3 is 0 Å². The Labute approximate surface area is 566 Å². The van der Waals surface area contributed by atoms with Crippen molar-refractivity contribution in [2.24, 2.45) is 0 Å². The van der Waals surface area contributed by atoms with Crippen molar-refractivity contribution in [3.8, 4) is 50.8 Å².